The van der Waals surface area contributed by atoms with Gasteiger partial charge in [-0.3, -0.25) is 4.79 Å². The van der Waals surface area contributed by atoms with Crippen LogP contribution in [0.3, 0.4) is 0 Å². The number of carboxylic acids is 1. The van der Waals surface area contributed by atoms with E-state index in [1.165, 1.54) is 18.2 Å². The molecule has 0 aromatic heterocycles. The third-order valence-electron chi connectivity index (χ3n) is 3.01. The summed E-state index contributed by atoms with van der Waals surface area (Å²) in [6, 6.07) is 2.01. The summed E-state index contributed by atoms with van der Waals surface area (Å²) in [7, 11) is 0. The second kappa shape index (κ2) is 9.14. The fourth-order valence-electron chi connectivity index (χ4n) is 1.92. The highest BCUT2D eigenvalue weighted by Crippen LogP contribution is 2.29. The monoisotopic (exact) mass is 363 g/mol. The summed E-state index contributed by atoms with van der Waals surface area (Å²) in [6.45, 7) is 4.35. The molecule has 25 heavy (non-hydrogen) atoms. The Labute approximate surface area is 142 Å². The van der Waals surface area contributed by atoms with Crippen LogP contribution in [-0.2, 0) is 4.79 Å². The second-order valence-electron chi connectivity index (χ2n) is 5.13. The number of nitrogens with one attached hydrogen (secondary N) is 1. The number of hydrogen-bond donors (Lipinski definition) is 2. The van der Waals surface area contributed by atoms with Crippen LogP contribution < -0.4 is 14.8 Å². The molecule has 0 saturated carbocycles. The van der Waals surface area contributed by atoms with E-state index in [0.29, 0.717) is 19.0 Å². The number of ether oxygens (including phenoxy) is 2. The summed E-state index contributed by atoms with van der Waals surface area (Å²) in [5, 5.41) is 10.7. The molecular formula is C16H20F3NO5. The van der Waals surface area contributed by atoms with Crippen LogP contribution in [0.25, 0.3) is 0 Å². The van der Waals surface area contributed by atoms with Crippen molar-refractivity contribution >= 4 is 11.9 Å². The summed E-state index contributed by atoms with van der Waals surface area (Å²) in [4.78, 5) is 23.0. The molecular weight excluding hydrogens is 343 g/mol. The van der Waals surface area contributed by atoms with Crippen LogP contribution >= 0.6 is 0 Å². The Morgan fingerprint density at radius 3 is 2.40 bits per heavy atom. The van der Waals surface area contributed by atoms with Crippen molar-refractivity contribution < 1.29 is 37.3 Å². The average Bonchev–Trinajstić information content (AvgIpc) is 2.51. The molecule has 0 saturated heterocycles. The molecule has 0 radical (unpaired) electrons. The number of halogens is 3. The lowest BCUT2D eigenvalue weighted by Gasteiger charge is -2.17. The van der Waals surface area contributed by atoms with Crippen LogP contribution in [0.2, 0.25) is 0 Å². The highest BCUT2D eigenvalue weighted by molar-refractivity contribution is 5.97. The van der Waals surface area contributed by atoms with Crippen LogP contribution in [0.5, 0.6) is 11.5 Å². The fourth-order valence-corrected chi connectivity index (χ4v) is 1.92. The molecule has 1 atom stereocenters. The zero-order chi connectivity index (χ0) is 19.0. The van der Waals surface area contributed by atoms with Gasteiger partial charge in [-0.2, -0.15) is 13.2 Å². The first-order valence-electron chi connectivity index (χ1n) is 7.68. The van der Waals surface area contributed by atoms with Gasteiger partial charge in [-0.15, -0.1) is 0 Å². The molecule has 1 unspecified atom stereocenters. The maximum Gasteiger partial charge on any atom is 0.391 e. The SMILES string of the molecule is CCCOc1ccc(C(=O)NC(CC(F)(F)F)C(=O)O)cc1OCC. The molecule has 2 N–H and O–H groups in total. The predicted molar refractivity (Wildman–Crippen MR) is 83.0 cm³/mol. The van der Waals surface area contributed by atoms with Gasteiger partial charge >= 0.3 is 12.1 Å². The van der Waals surface area contributed by atoms with Crippen molar-refractivity contribution in [1.29, 1.82) is 0 Å². The first kappa shape index (κ1) is 20.6. The lowest BCUT2D eigenvalue weighted by molar-refractivity contribution is -0.157. The number of aliphatic carboxylic acids is 1. The van der Waals surface area contributed by atoms with E-state index in [1.54, 1.807) is 6.92 Å². The number of alkyl halides is 3. The number of carbonyl (C=O) groups excluding carboxylic acids is 1. The number of carbonyl (C=O) groups is 2. The maximum absolute atomic E-state index is 12.4. The van der Waals surface area contributed by atoms with Crippen molar-refractivity contribution in [3.05, 3.63) is 23.8 Å². The number of carboxylic acid groups (broad SMARTS) is 1. The third kappa shape index (κ3) is 6.90. The molecule has 0 bridgehead atoms. The summed E-state index contributed by atoms with van der Waals surface area (Å²) < 4.78 is 48.0. The van der Waals surface area contributed by atoms with Crippen LogP contribution in [0.4, 0.5) is 13.2 Å². The molecule has 0 spiro atoms. The zero-order valence-electron chi connectivity index (χ0n) is 13.9. The molecule has 0 aliphatic carbocycles. The van der Waals surface area contributed by atoms with Gasteiger partial charge in [0.25, 0.3) is 5.91 Å². The molecule has 0 fully saturated rings. The molecule has 0 aliphatic heterocycles. The molecule has 0 aliphatic rings. The highest BCUT2D eigenvalue weighted by Gasteiger charge is 2.36. The van der Waals surface area contributed by atoms with E-state index in [4.69, 9.17) is 14.6 Å². The van der Waals surface area contributed by atoms with Crippen LogP contribution in [-0.4, -0.2) is 42.4 Å². The molecule has 1 rings (SSSR count). The van der Waals surface area contributed by atoms with Crippen LogP contribution in [0.15, 0.2) is 18.2 Å². The Kier molecular flexibility index (Phi) is 7.53. The van der Waals surface area contributed by atoms with Gasteiger partial charge in [0.2, 0.25) is 0 Å². The van der Waals surface area contributed by atoms with Gasteiger partial charge in [0, 0.05) is 5.56 Å². The van der Waals surface area contributed by atoms with Gasteiger partial charge in [0.1, 0.15) is 6.04 Å². The molecule has 1 amide bonds. The number of benzene rings is 1. The number of amides is 1. The highest BCUT2D eigenvalue weighted by atomic mass is 19.4. The van der Waals surface area contributed by atoms with Crippen LogP contribution in [0.1, 0.15) is 37.0 Å². The zero-order valence-corrected chi connectivity index (χ0v) is 13.9. The van der Waals surface area contributed by atoms with E-state index in [2.05, 4.69) is 0 Å². The van der Waals surface area contributed by atoms with E-state index >= 15 is 0 Å². The summed E-state index contributed by atoms with van der Waals surface area (Å²) >= 11 is 0. The van der Waals surface area contributed by atoms with Gasteiger partial charge in [-0.05, 0) is 31.5 Å². The van der Waals surface area contributed by atoms with E-state index in [-0.39, 0.29) is 11.3 Å². The predicted octanol–water partition coefficient (Wildman–Crippen LogP) is 3.01. The van der Waals surface area contributed by atoms with E-state index < -0.39 is 30.5 Å². The second-order valence-corrected chi connectivity index (χ2v) is 5.13. The Morgan fingerprint density at radius 1 is 1.20 bits per heavy atom. The topological polar surface area (TPSA) is 84.9 Å². The quantitative estimate of drug-likeness (QED) is 0.705. The van der Waals surface area contributed by atoms with Crippen molar-refractivity contribution in [3.8, 4) is 11.5 Å². The van der Waals surface area contributed by atoms with Gasteiger partial charge in [0.15, 0.2) is 11.5 Å². The van der Waals surface area contributed by atoms with Gasteiger partial charge < -0.3 is 19.9 Å². The number of rotatable bonds is 9. The molecule has 1 aromatic rings. The smallest absolute Gasteiger partial charge is 0.391 e. The summed E-state index contributed by atoms with van der Waals surface area (Å²) in [5.41, 5.74) is -0.0271. The minimum atomic E-state index is -4.72. The Balaban J connectivity index is 2.95. The normalized spacial score (nSPS) is 12.4. The Bertz CT molecular complexity index is 604. The summed E-state index contributed by atoms with van der Waals surface area (Å²) in [5.74, 6) is -2.06. The van der Waals surface area contributed by atoms with Crippen molar-refractivity contribution in [3.63, 3.8) is 0 Å². The van der Waals surface area contributed by atoms with Crippen molar-refractivity contribution in [1.82, 2.24) is 5.32 Å². The molecule has 1 aromatic carbocycles. The van der Waals surface area contributed by atoms with Gasteiger partial charge in [0.05, 0.1) is 19.6 Å². The maximum atomic E-state index is 12.4. The van der Waals surface area contributed by atoms with E-state index in [1.807, 2.05) is 12.2 Å². The standard InChI is InChI=1S/C16H20F3NO5/c1-3-7-25-12-6-5-10(8-13(12)24-4-2)14(21)20-11(15(22)23)9-16(17,18)19/h5-6,8,11H,3-4,7,9H2,1-2H3,(H,20,21)(H,22,23). The van der Waals surface area contributed by atoms with Gasteiger partial charge in [-0.25, -0.2) is 4.79 Å². The number of hydrogen-bond acceptors (Lipinski definition) is 4. The average molecular weight is 363 g/mol. The lowest BCUT2D eigenvalue weighted by atomic mass is 10.1. The Morgan fingerprint density at radius 2 is 1.88 bits per heavy atom. The molecule has 0 heterocycles. The minimum Gasteiger partial charge on any atom is -0.490 e. The first-order chi connectivity index (χ1) is 11.7. The van der Waals surface area contributed by atoms with Crippen molar-refractivity contribution in [2.75, 3.05) is 13.2 Å². The Hall–Kier alpha value is -2.45. The van der Waals surface area contributed by atoms with Crippen LogP contribution in [0, 0.1) is 0 Å². The van der Waals surface area contributed by atoms with Crippen molar-refractivity contribution in [2.24, 2.45) is 0 Å². The molecule has 6 nitrogen and oxygen atoms in total. The van der Waals surface area contributed by atoms with E-state index in [9.17, 15) is 22.8 Å². The first-order valence-corrected chi connectivity index (χ1v) is 7.68. The minimum absolute atomic E-state index is 0.0271. The van der Waals surface area contributed by atoms with Crippen molar-refractivity contribution in [2.45, 2.75) is 38.9 Å². The third-order valence-corrected chi connectivity index (χ3v) is 3.01. The lowest BCUT2D eigenvalue weighted by Crippen LogP contribution is -2.43. The molecule has 140 valence electrons. The largest absolute Gasteiger partial charge is 0.490 e. The fraction of sp³-hybridized carbons (Fsp3) is 0.500. The van der Waals surface area contributed by atoms with E-state index in [0.717, 1.165) is 6.42 Å². The summed E-state index contributed by atoms with van der Waals surface area (Å²) in [6.07, 6.45) is -5.62. The van der Waals surface area contributed by atoms with Gasteiger partial charge in [-0.1, -0.05) is 6.92 Å². The molecule has 9 heteroatoms.